The predicted octanol–water partition coefficient (Wildman–Crippen LogP) is 5.21. The Morgan fingerprint density at radius 3 is 2.62 bits per heavy atom. The fourth-order valence-corrected chi connectivity index (χ4v) is 3.01. The van der Waals surface area contributed by atoms with Crippen LogP contribution in [-0.2, 0) is 11.8 Å². The van der Waals surface area contributed by atoms with Gasteiger partial charge in [0.2, 0.25) is 0 Å². The molecule has 0 fully saturated rings. The van der Waals surface area contributed by atoms with Crippen molar-refractivity contribution in [2.75, 3.05) is 5.32 Å². The van der Waals surface area contributed by atoms with E-state index in [0.29, 0.717) is 16.5 Å². The van der Waals surface area contributed by atoms with Crippen LogP contribution < -0.4 is 5.32 Å². The lowest BCUT2D eigenvalue weighted by atomic mass is 10.1. The van der Waals surface area contributed by atoms with Gasteiger partial charge in [-0.1, -0.05) is 63.1 Å². The number of rotatable bonds is 4. The van der Waals surface area contributed by atoms with Crippen LogP contribution in [0.4, 0.5) is 10.6 Å². The minimum absolute atomic E-state index is 0.448. The molecule has 0 aliphatic carbocycles. The lowest BCUT2D eigenvalue weighted by molar-refractivity contribution is 0.121. The van der Waals surface area contributed by atoms with Crippen molar-refractivity contribution in [3.05, 3.63) is 63.6 Å². The molecule has 26 heavy (non-hydrogen) atoms. The number of aromatic nitrogens is 3. The molecular formula is C18H16BrClN4O2. The molecule has 0 bridgehead atoms. The van der Waals surface area contributed by atoms with Crippen LogP contribution in [0.3, 0.4) is 0 Å². The first-order valence-corrected chi connectivity index (χ1v) is 9.00. The van der Waals surface area contributed by atoms with E-state index in [1.807, 2.05) is 42.5 Å². The van der Waals surface area contributed by atoms with Crippen LogP contribution in [0.5, 0.6) is 0 Å². The third-order valence-corrected chi connectivity index (χ3v) is 4.66. The van der Waals surface area contributed by atoms with Crippen molar-refractivity contribution < 1.29 is 9.53 Å². The highest BCUT2D eigenvalue weighted by Gasteiger charge is 2.19. The van der Waals surface area contributed by atoms with E-state index in [0.717, 1.165) is 15.6 Å². The van der Waals surface area contributed by atoms with Gasteiger partial charge in [-0.2, -0.15) is 0 Å². The predicted molar refractivity (Wildman–Crippen MR) is 104 cm³/mol. The Morgan fingerprint density at radius 2 is 1.92 bits per heavy atom. The zero-order valence-corrected chi connectivity index (χ0v) is 16.5. The molecule has 134 valence electrons. The van der Waals surface area contributed by atoms with Crippen molar-refractivity contribution in [3.8, 4) is 11.3 Å². The summed E-state index contributed by atoms with van der Waals surface area (Å²) in [4.78, 5) is 12.3. The highest BCUT2D eigenvalue weighted by molar-refractivity contribution is 9.10. The zero-order chi connectivity index (χ0) is 18.7. The fraction of sp³-hybridized carbons (Fsp3) is 0.167. The van der Waals surface area contributed by atoms with Crippen molar-refractivity contribution in [1.29, 1.82) is 0 Å². The van der Waals surface area contributed by atoms with E-state index in [9.17, 15) is 4.79 Å². The number of halogens is 2. The average molecular weight is 436 g/mol. The van der Waals surface area contributed by atoms with Crippen molar-refractivity contribution in [3.63, 3.8) is 0 Å². The van der Waals surface area contributed by atoms with Gasteiger partial charge in [0.1, 0.15) is 11.8 Å². The summed E-state index contributed by atoms with van der Waals surface area (Å²) in [6.07, 6.45) is -1.11. The smallest absolute Gasteiger partial charge is 0.413 e. The Bertz CT molecular complexity index is 927. The molecule has 3 rings (SSSR count). The minimum atomic E-state index is -0.610. The normalized spacial score (nSPS) is 11.8. The number of hydrogen-bond acceptors (Lipinski definition) is 4. The largest absolute Gasteiger partial charge is 0.441 e. The summed E-state index contributed by atoms with van der Waals surface area (Å²) in [7, 11) is 1.70. The Labute approximate surface area is 164 Å². The van der Waals surface area contributed by atoms with Gasteiger partial charge in [0.25, 0.3) is 0 Å². The topological polar surface area (TPSA) is 69.0 Å². The molecular weight excluding hydrogens is 420 g/mol. The summed E-state index contributed by atoms with van der Waals surface area (Å²) < 4.78 is 7.88. The van der Waals surface area contributed by atoms with Crippen molar-refractivity contribution in [2.45, 2.75) is 13.0 Å². The molecule has 3 aromatic rings. The van der Waals surface area contributed by atoms with Gasteiger partial charge in [-0.15, -0.1) is 5.10 Å². The van der Waals surface area contributed by atoms with Gasteiger partial charge in [-0.05, 0) is 25.1 Å². The maximum atomic E-state index is 12.3. The van der Waals surface area contributed by atoms with Gasteiger partial charge in [0.15, 0.2) is 5.82 Å². The summed E-state index contributed by atoms with van der Waals surface area (Å²) in [6, 6.07) is 14.8. The number of carbonyl (C=O) groups is 1. The van der Waals surface area contributed by atoms with Crippen LogP contribution in [0.25, 0.3) is 11.3 Å². The van der Waals surface area contributed by atoms with E-state index >= 15 is 0 Å². The Morgan fingerprint density at radius 1 is 1.23 bits per heavy atom. The number of anilines is 1. The molecule has 1 atom stereocenters. The van der Waals surface area contributed by atoms with Gasteiger partial charge in [-0.3, -0.25) is 5.32 Å². The molecule has 2 aromatic carbocycles. The number of hydrogen-bond donors (Lipinski definition) is 1. The average Bonchev–Trinajstić information content (AvgIpc) is 2.96. The number of benzene rings is 2. The molecule has 1 amide bonds. The second-order valence-electron chi connectivity index (χ2n) is 5.61. The number of amides is 1. The lowest BCUT2D eigenvalue weighted by Crippen LogP contribution is -2.18. The standard InChI is InChI=1S/C18H16BrClN4O2/c1-11(14-5-3-4-6-15(14)20)26-18(25)21-17-16(22-23-24(17)2)12-7-9-13(19)10-8-12/h3-11H,1-2H3,(H,21,25)/t11-/m1/s1. The minimum Gasteiger partial charge on any atom is -0.441 e. The maximum Gasteiger partial charge on any atom is 0.413 e. The van der Waals surface area contributed by atoms with Crippen LogP contribution in [0.2, 0.25) is 5.02 Å². The van der Waals surface area contributed by atoms with Crippen LogP contribution >= 0.6 is 27.5 Å². The van der Waals surface area contributed by atoms with Gasteiger partial charge in [0.05, 0.1) is 0 Å². The van der Waals surface area contributed by atoms with Crippen LogP contribution in [0.1, 0.15) is 18.6 Å². The third kappa shape index (κ3) is 4.05. The monoisotopic (exact) mass is 434 g/mol. The summed E-state index contributed by atoms with van der Waals surface area (Å²) in [5.74, 6) is 0.448. The number of aryl methyl sites for hydroxylation is 1. The fourth-order valence-electron chi connectivity index (χ4n) is 2.45. The molecule has 0 unspecified atom stereocenters. The molecule has 6 nitrogen and oxygen atoms in total. The molecule has 0 saturated heterocycles. The van der Waals surface area contributed by atoms with Gasteiger partial charge in [0, 0.05) is 27.7 Å². The highest BCUT2D eigenvalue weighted by Crippen LogP contribution is 2.28. The van der Waals surface area contributed by atoms with Gasteiger partial charge >= 0.3 is 6.09 Å². The van der Waals surface area contributed by atoms with E-state index < -0.39 is 12.2 Å². The Kier molecular flexibility index (Phi) is 5.58. The first-order chi connectivity index (χ1) is 12.5. The van der Waals surface area contributed by atoms with E-state index in [1.54, 1.807) is 20.0 Å². The summed E-state index contributed by atoms with van der Waals surface area (Å²) in [6.45, 7) is 1.76. The number of nitrogens with zero attached hydrogens (tertiary/aromatic N) is 3. The highest BCUT2D eigenvalue weighted by atomic mass is 79.9. The molecule has 0 aliphatic heterocycles. The van der Waals surface area contributed by atoms with E-state index in [-0.39, 0.29) is 0 Å². The first-order valence-electron chi connectivity index (χ1n) is 7.83. The molecule has 1 N–H and O–H groups in total. The summed E-state index contributed by atoms with van der Waals surface area (Å²) in [5.41, 5.74) is 2.12. The van der Waals surface area contributed by atoms with Crippen LogP contribution in [-0.4, -0.2) is 21.1 Å². The molecule has 1 aromatic heterocycles. The molecule has 0 saturated carbocycles. The first kappa shape index (κ1) is 18.4. The second-order valence-corrected chi connectivity index (χ2v) is 6.93. The van der Waals surface area contributed by atoms with Crippen molar-refractivity contribution >= 4 is 39.4 Å². The second kappa shape index (κ2) is 7.88. The van der Waals surface area contributed by atoms with Crippen LogP contribution in [0.15, 0.2) is 53.0 Å². The maximum absolute atomic E-state index is 12.3. The molecule has 8 heteroatoms. The number of nitrogens with one attached hydrogen (secondary N) is 1. The van der Waals surface area contributed by atoms with E-state index in [4.69, 9.17) is 16.3 Å². The molecule has 0 spiro atoms. The number of ether oxygens (including phenoxy) is 1. The zero-order valence-electron chi connectivity index (χ0n) is 14.1. The van der Waals surface area contributed by atoms with Gasteiger partial charge < -0.3 is 4.74 Å². The third-order valence-electron chi connectivity index (χ3n) is 3.79. The molecule has 1 heterocycles. The van der Waals surface area contributed by atoms with Gasteiger partial charge in [-0.25, -0.2) is 9.48 Å². The van der Waals surface area contributed by atoms with E-state index in [1.165, 1.54) is 4.68 Å². The number of carbonyl (C=O) groups excluding carboxylic acids is 1. The summed E-state index contributed by atoms with van der Waals surface area (Å²) in [5, 5.41) is 11.4. The van der Waals surface area contributed by atoms with Crippen molar-refractivity contribution in [1.82, 2.24) is 15.0 Å². The lowest BCUT2D eigenvalue weighted by Gasteiger charge is -2.15. The SMILES string of the molecule is C[C@@H](OC(=O)Nc1c(-c2ccc(Br)cc2)nnn1C)c1ccccc1Cl. The molecule has 0 aliphatic rings. The van der Waals surface area contributed by atoms with Crippen molar-refractivity contribution in [2.24, 2.45) is 7.05 Å². The summed E-state index contributed by atoms with van der Waals surface area (Å²) >= 11 is 9.54. The van der Waals surface area contributed by atoms with Crippen LogP contribution in [0, 0.1) is 0 Å². The Hall–Kier alpha value is -2.38. The molecule has 0 radical (unpaired) electrons. The van der Waals surface area contributed by atoms with E-state index in [2.05, 4.69) is 31.6 Å². The Balaban J connectivity index is 1.77. The quantitative estimate of drug-likeness (QED) is 0.611.